The SMILES string of the molecule is Nc1c(F)ccc(NSc2ccco2)c1F. The van der Waals surface area contributed by atoms with E-state index in [0.29, 0.717) is 5.09 Å². The van der Waals surface area contributed by atoms with Crippen molar-refractivity contribution >= 4 is 23.3 Å². The number of benzene rings is 1. The highest BCUT2D eigenvalue weighted by Crippen LogP contribution is 2.27. The largest absolute Gasteiger partial charge is 0.456 e. The minimum atomic E-state index is -0.806. The number of nitrogens with one attached hydrogen (secondary N) is 1. The summed E-state index contributed by atoms with van der Waals surface area (Å²) in [7, 11) is 0. The van der Waals surface area contributed by atoms with Crippen LogP contribution in [0.4, 0.5) is 20.2 Å². The molecule has 3 N–H and O–H groups in total. The molecule has 1 heterocycles. The lowest BCUT2D eigenvalue weighted by Gasteiger charge is -2.06. The second kappa shape index (κ2) is 4.44. The maximum atomic E-state index is 13.4. The van der Waals surface area contributed by atoms with Crippen LogP contribution in [0.25, 0.3) is 0 Å². The van der Waals surface area contributed by atoms with Gasteiger partial charge in [-0.25, -0.2) is 8.78 Å². The van der Waals surface area contributed by atoms with Gasteiger partial charge in [-0.3, -0.25) is 0 Å². The van der Waals surface area contributed by atoms with Crippen molar-refractivity contribution in [2.24, 2.45) is 0 Å². The fourth-order valence-electron chi connectivity index (χ4n) is 1.08. The molecular formula is C10H8F2N2OS. The minimum Gasteiger partial charge on any atom is -0.456 e. The summed E-state index contributed by atoms with van der Waals surface area (Å²) in [4.78, 5) is 0. The Bertz CT molecular complexity index is 488. The first-order chi connectivity index (χ1) is 7.68. The van der Waals surface area contributed by atoms with Gasteiger partial charge in [-0.2, -0.15) is 0 Å². The molecule has 0 aliphatic carbocycles. The van der Waals surface area contributed by atoms with E-state index in [0.717, 1.165) is 18.0 Å². The van der Waals surface area contributed by atoms with E-state index in [1.807, 2.05) is 0 Å². The number of nitrogens with two attached hydrogens (primary N) is 1. The van der Waals surface area contributed by atoms with E-state index in [4.69, 9.17) is 10.2 Å². The summed E-state index contributed by atoms with van der Waals surface area (Å²) < 4.78 is 34.0. The number of rotatable bonds is 3. The Hall–Kier alpha value is -1.69. The lowest BCUT2D eigenvalue weighted by atomic mass is 10.2. The summed E-state index contributed by atoms with van der Waals surface area (Å²) >= 11 is 1.07. The monoisotopic (exact) mass is 242 g/mol. The summed E-state index contributed by atoms with van der Waals surface area (Å²) in [6.45, 7) is 0. The highest BCUT2D eigenvalue weighted by atomic mass is 32.2. The van der Waals surface area contributed by atoms with E-state index in [9.17, 15) is 8.78 Å². The third-order valence-corrected chi connectivity index (χ3v) is 2.64. The van der Waals surface area contributed by atoms with Crippen molar-refractivity contribution in [1.29, 1.82) is 0 Å². The minimum absolute atomic E-state index is 0.111. The molecule has 0 aliphatic heterocycles. The van der Waals surface area contributed by atoms with Crippen LogP contribution in [0.1, 0.15) is 0 Å². The molecule has 0 unspecified atom stereocenters. The summed E-state index contributed by atoms with van der Waals surface area (Å²) in [5, 5.41) is 0.572. The molecule has 0 fully saturated rings. The molecule has 0 atom stereocenters. The standard InChI is InChI=1S/C10H8F2N2OS/c11-6-3-4-7(9(12)10(6)13)14-16-8-2-1-5-15-8/h1-5,14H,13H2. The van der Waals surface area contributed by atoms with Gasteiger partial charge in [0.2, 0.25) is 0 Å². The molecule has 84 valence electrons. The number of nitrogen functional groups attached to an aromatic ring is 1. The van der Waals surface area contributed by atoms with Gasteiger partial charge in [-0.15, -0.1) is 0 Å². The van der Waals surface area contributed by atoms with Crippen molar-refractivity contribution in [3.8, 4) is 0 Å². The molecule has 3 nitrogen and oxygen atoms in total. The number of furan rings is 1. The fourth-order valence-corrected chi connectivity index (χ4v) is 1.69. The quantitative estimate of drug-likeness (QED) is 0.640. The van der Waals surface area contributed by atoms with Crippen LogP contribution in [0.2, 0.25) is 0 Å². The molecule has 1 aromatic heterocycles. The van der Waals surface area contributed by atoms with E-state index >= 15 is 0 Å². The normalized spacial score (nSPS) is 10.4. The predicted octanol–water partition coefficient (Wildman–Crippen LogP) is 3.26. The molecule has 2 rings (SSSR count). The van der Waals surface area contributed by atoms with Crippen molar-refractivity contribution in [2.45, 2.75) is 5.09 Å². The zero-order chi connectivity index (χ0) is 11.5. The van der Waals surface area contributed by atoms with Crippen LogP contribution < -0.4 is 10.5 Å². The summed E-state index contributed by atoms with van der Waals surface area (Å²) in [6.07, 6.45) is 1.50. The van der Waals surface area contributed by atoms with Crippen LogP contribution in [0.3, 0.4) is 0 Å². The topological polar surface area (TPSA) is 51.2 Å². The zero-order valence-electron chi connectivity index (χ0n) is 8.04. The van der Waals surface area contributed by atoms with Gasteiger partial charge in [0.1, 0.15) is 11.5 Å². The smallest absolute Gasteiger partial charge is 0.180 e. The predicted molar refractivity (Wildman–Crippen MR) is 59.0 cm³/mol. The molecule has 6 heteroatoms. The van der Waals surface area contributed by atoms with Gasteiger partial charge in [-0.1, -0.05) is 0 Å². The van der Waals surface area contributed by atoms with Crippen molar-refractivity contribution in [3.05, 3.63) is 42.2 Å². The maximum absolute atomic E-state index is 13.4. The highest BCUT2D eigenvalue weighted by molar-refractivity contribution is 8.00. The summed E-state index contributed by atoms with van der Waals surface area (Å²) in [5.41, 5.74) is 4.82. The van der Waals surface area contributed by atoms with Crippen molar-refractivity contribution < 1.29 is 13.2 Å². The number of anilines is 2. The third-order valence-electron chi connectivity index (χ3n) is 1.88. The van der Waals surface area contributed by atoms with Crippen molar-refractivity contribution in [1.82, 2.24) is 0 Å². The van der Waals surface area contributed by atoms with Gasteiger partial charge < -0.3 is 14.9 Å². The average molecular weight is 242 g/mol. The number of hydrogen-bond donors (Lipinski definition) is 2. The Morgan fingerprint density at radius 1 is 1.25 bits per heavy atom. The molecule has 0 spiro atoms. The highest BCUT2D eigenvalue weighted by Gasteiger charge is 2.10. The van der Waals surface area contributed by atoms with E-state index < -0.39 is 17.3 Å². The van der Waals surface area contributed by atoms with E-state index in [1.165, 1.54) is 12.3 Å². The molecule has 16 heavy (non-hydrogen) atoms. The van der Waals surface area contributed by atoms with Crippen LogP contribution in [-0.4, -0.2) is 0 Å². The van der Waals surface area contributed by atoms with Gasteiger partial charge in [-0.05, 0) is 24.3 Å². The molecule has 0 saturated heterocycles. The third kappa shape index (κ3) is 2.11. The Kier molecular flexibility index (Phi) is 3.00. The van der Waals surface area contributed by atoms with Gasteiger partial charge in [0.25, 0.3) is 0 Å². The van der Waals surface area contributed by atoms with Crippen molar-refractivity contribution in [3.63, 3.8) is 0 Å². The molecule has 1 aromatic carbocycles. The summed E-state index contributed by atoms with van der Waals surface area (Å²) in [5.74, 6) is -1.58. The van der Waals surface area contributed by atoms with Gasteiger partial charge >= 0.3 is 0 Å². The van der Waals surface area contributed by atoms with E-state index in [1.54, 1.807) is 12.1 Å². The van der Waals surface area contributed by atoms with Gasteiger partial charge in [0, 0.05) is 11.9 Å². The van der Waals surface area contributed by atoms with E-state index in [2.05, 4.69) is 4.72 Å². The Balaban J connectivity index is 2.13. The molecular weight excluding hydrogens is 234 g/mol. The van der Waals surface area contributed by atoms with Crippen LogP contribution in [0, 0.1) is 11.6 Å². The molecule has 0 saturated carbocycles. The van der Waals surface area contributed by atoms with E-state index in [-0.39, 0.29) is 5.69 Å². The van der Waals surface area contributed by atoms with Gasteiger partial charge in [0.05, 0.1) is 12.0 Å². The Morgan fingerprint density at radius 2 is 2.06 bits per heavy atom. The first kappa shape index (κ1) is 10.8. The van der Waals surface area contributed by atoms with Crippen LogP contribution in [-0.2, 0) is 0 Å². The maximum Gasteiger partial charge on any atom is 0.180 e. The molecule has 0 amide bonds. The average Bonchev–Trinajstić information content (AvgIpc) is 2.78. The van der Waals surface area contributed by atoms with Gasteiger partial charge in [0.15, 0.2) is 10.9 Å². The first-order valence-electron chi connectivity index (χ1n) is 4.38. The van der Waals surface area contributed by atoms with Crippen LogP contribution >= 0.6 is 11.9 Å². The molecule has 0 bridgehead atoms. The Morgan fingerprint density at radius 3 is 2.75 bits per heavy atom. The summed E-state index contributed by atoms with van der Waals surface area (Å²) in [6, 6.07) is 5.79. The number of hydrogen-bond acceptors (Lipinski definition) is 4. The second-order valence-corrected chi connectivity index (χ2v) is 3.77. The lowest BCUT2D eigenvalue weighted by molar-refractivity contribution is 0.475. The molecule has 2 aromatic rings. The Labute approximate surface area is 94.8 Å². The lowest BCUT2D eigenvalue weighted by Crippen LogP contribution is -1.99. The van der Waals surface area contributed by atoms with Crippen molar-refractivity contribution in [2.75, 3.05) is 10.5 Å². The van der Waals surface area contributed by atoms with Crippen LogP contribution in [0.5, 0.6) is 0 Å². The first-order valence-corrected chi connectivity index (χ1v) is 5.20. The zero-order valence-corrected chi connectivity index (χ0v) is 8.85. The number of halogens is 2. The fraction of sp³-hybridized carbons (Fsp3) is 0. The molecule has 0 radical (unpaired) electrons. The van der Waals surface area contributed by atoms with Crippen LogP contribution in [0.15, 0.2) is 40.0 Å². The second-order valence-electron chi connectivity index (χ2n) is 2.96. The molecule has 0 aliphatic rings.